The Bertz CT molecular complexity index is 8.00. The molecule has 1 nitrogen and oxygen atoms in total. The maximum Gasteiger partial charge on any atom is 0 e. The second kappa shape index (κ2) is 26.2. The molecule has 0 saturated heterocycles. The van der Waals surface area contributed by atoms with Crippen molar-refractivity contribution in [2.45, 2.75) is 7.43 Å². The smallest absolute Gasteiger partial charge is 0 e. The van der Waals surface area contributed by atoms with Crippen LogP contribution in [0.5, 0.6) is 0 Å². The van der Waals surface area contributed by atoms with Crippen molar-refractivity contribution in [2.75, 3.05) is 0 Å². The zero-order valence-corrected chi connectivity index (χ0v) is 10.9. The van der Waals surface area contributed by atoms with Gasteiger partial charge in [-0.2, -0.15) is 0 Å². The predicted octanol–water partition coefficient (Wildman–Crippen LogP) is -1.38. The van der Waals surface area contributed by atoms with E-state index in [9.17, 15) is 0 Å². The number of hydrogen-bond donors (Lipinski definition) is 0. The normalized spacial score (nSPS) is 0. The van der Waals surface area contributed by atoms with Gasteiger partial charge in [0.1, 0.15) is 0 Å². The Morgan fingerprint density at radius 3 is 1.00 bits per heavy atom. The monoisotopic (exact) mass is 221 g/mol. The van der Waals surface area contributed by atoms with Crippen LogP contribution in [0.25, 0.3) is 0 Å². The molecule has 0 rings (SSSR count). The van der Waals surface area contributed by atoms with Crippen molar-refractivity contribution in [3.63, 3.8) is 0 Å². The summed E-state index contributed by atoms with van der Waals surface area (Å²) in [6.07, 6.45) is 0. The van der Waals surface area contributed by atoms with Crippen molar-refractivity contribution in [1.82, 2.24) is 0 Å². The molecule has 0 unspecified atom stereocenters. The second-order valence-electron chi connectivity index (χ2n) is 0. The molecule has 0 aliphatic carbocycles. The van der Waals surface area contributed by atoms with Gasteiger partial charge in [-0.05, 0) is 0 Å². The van der Waals surface area contributed by atoms with Crippen LogP contribution in [-0.2, 0) is 19.5 Å². The fourth-order valence-electron chi connectivity index (χ4n) is 0. The molecule has 0 aliphatic heterocycles. The third kappa shape index (κ3) is 10.0. The molecule has 0 heterocycles. The quantitative estimate of drug-likeness (QED) is 0.452. The maximum absolute atomic E-state index is 0. The van der Waals surface area contributed by atoms with Gasteiger partial charge in [0, 0.05) is 19.5 Å². The fourth-order valence-corrected chi connectivity index (χ4v) is 0. The molecule has 0 aromatic heterocycles. The fraction of sp³-hybridized carbons (Fsp3) is 1.00. The summed E-state index contributed by atoms with van der Waals surface area (Å²) in [5.41, 5.74) is 0. The van der Waals surface area contributed by atoms with Crippen molar-refractivity contribution >= 4 is 23.9 Å². The topological polar surface area (TPSA) is 31.5 Å². The van der Waals surface area contributed by atoms with E-state index < -0.39 is 0 Å². The van der Waals surface area contributed by atoms with Crippen LogP contribution < -0.4 is 0 Å². The first-order chi connectivity index (χ1) is 0. The van der Waals surface area contributed by atoms with E-state index in [4.69, 9.17) is 0 Å². The summed E-state index contributed by atoms with van der Waals surface area (Å²) >= 11 is 0. The number of hydrogen-bond acceptors (Lipinski definition) is 0. The van der Waals surface area contributed by atoms with Crippen LogP contribution in [-0.4, -0.2) is 29.4 Å². The summed E-state index contributed by atoms with van der Waals surface area (Å²) in [6.45, 7) is 0. The van der Waals surface area contributed by atoms with Gasteiger partial charge in [0.05, 0.1) is 0 Å². The van der Waals surface area contributed by atoms with E-state index in [-0.39, 0.29) is 56.3 Å². The minimum atomic E-state index is 0. The minimum absolute atomic E-state index is 0. The van der Waals surface area contributed by atoms with E-state index in [1.165, 1.54) is 0 Å². The Labute approximate surface area is 56.2 Å². The molecule has 0 bridgehead atoms. The second-order valence-corrected chi connectivity index (χ2v) is 0. The summed E-state index contributed by atoms with van der Waals surface area (Å²) in [7, 11) is 0. The van der Waals surface area contributed by atoms with Gasteiger partial charge in [-0.15, -0.1) is 0 Å². The molecule has 0 aromatic rings. The van der Waals surface area contributed by atoms with Crippen LogP contribution >= 0.6 is 0 Å². The average molecular weight is 221 g/mol. The first kappa shape index (κ1) is 54.1. The maximum atomic E-state index is 0. The molecule has 2 N–H and O–H groups in total. The van der Waals surface area contributed by atoms with Crippen LogP contribution in [0.15, 0.2) is 0 Å². The van der Waals surface area contributed by atoms with Crippen molar-refractivity contribution in [3.8, 4) is 0 Å². The molecule has 0 spiro atoms. The molecule has 1 radical (unpaired) electrons. The van der Waals surface area contributed by atoms with Gasteiger partial charge in [0.2, 0.25) is 0 Å². The van der Waals surface area contributed by atoms with E-state index in [0.717, 1.165) is 0 Å². The van der Waals surface area contributed by atoms with E-state index in [0.29, 0.717) is 0 Å². The zero-order valence-electron chi connectivity index (χ0n) is 2.21. The molecule has 0 aliphatic rings. The zero-order chi connectivity index (χ0) is 0. The van der Waals surface area contributed by atoms with Gasteiger partial charge in [-0.1, -0.05) is 7.43 Å². The SMILES string of the molecule is C.O.[SnH3].[Zn]. The predicted molar refractivity (Wildman–Crippen MR) is 20.3 cm³/mol. The van der Waals surface area contributed by atoms with Crippen molar-refractivity contribution in [2.24, 2.45) is 0 Å². The first-order valence-corrected chi connectivity index (χ1v) is 0. The molecular formula is CH9OSnZn. The molecule has 0 saturated carbocycles. The summed E-state index contributed by atoms with van der Waals surface area (Å²) in [6, 6.07) is 0. The molecule has 4 heavy (non-hydrogen) atoms. The molecule has 0 fully saturated rings. The van der Waals surface area contributed by atoms with Gasteiger partial charge in [0.15, 0.2) is 0 Å². The van der Waals surface area contributed by atoms with Crippen molar-refractivity contribution < 1.29 is 25.0 Å². The molecule has 3 heteroatoms. The van der Waals surface area contributed by atoms with Gasteiger partial charge in [-0.3, -0.25) is 0 Å². The van der Waals surface area contributed by atoms with Crippen molar-refractivity contribution in [1.29, 1.82) is 0 Å². The standard InChI is InChI=1S/CH4.H2O.Sn.Zn.3H/h1H4;1H2;;;;;. The molecule has 0 aromatic carbocycles. The Morgan fingerprint density at radius 1 is 1.00 bits per heavy atom. The Kier molecular flexibility index (Phi) is 355. The third-order valence-electron chi connectivity index (χ3n) is 0. The Morgan fingerprint density at radius 2 is 1.00 bits per heavy atom. The average Bonchev–Trinajstić information content (AvgIpc) is 0. The summed E-state index contributed by atoms with van der Waals surface area (Å²) in [5.74, 6) is 0. The third-order valence-corrected chi connectivity index (χ3v) is 0. The van der Waals surface area contributed by atoms with Crippen LogP contribution in [0.3, 0.4) is 0 Å². The summed E-state index contributed by atoms with van der Waals surface area (Å²) < 4.78 is 0. The first-order valence-electron chi connectivity index (χ1n) is 0. The molecule has 0 amide bonds. The largest absolute Gasteiger partial charge is 0 e. The number of rotatable bonds is 0. The summed E-state index contributed by atoms with van der Waals surface area (Å²) in [5, 5.41) is 0. The van der Waals surface area contributed by atoms with Crippen molar-refractivity contribution in [3.05, 3.63) is 0 Å². The molecule has 0 atom stereocenters. The van der Waals surface area contributed by atoms with E-state index >= 15 is 0 Å². The molecular weight excluding hydrogens is 212 g/mol. The van der Waals surface area contributed by atoms with Crippen LogP contribution in [0.2, 0.25) is 0 Å². The van der Waals surface area contributed by atoms with Gasteiger partial charge >= 0.3 is 23.9 Å². The van der Waals surface area contributed by atoms with Crippen LogP contribution in [0, 0.1) is 0 Å². The van der Waals surface area contributed by atoms with Crippen LogP contribution in [0.4, 0.5) is 0 Å². The Hall–Kier alpha value is 1.38. The molecule has 25 valence electrons. The van der Waals surface area contributed by atoms with E-state index in [1.54, 1.807) is 0 Å². The van der Waals surface area contributed by atoms with Crippen LogP contribution in [0.1, 0.15) is 7.43 Å². The minimum Gasteiger partial charge on any atom is 0 e. The van der Waals surface area contributed by atoms with Gasteiger partial charge < -0.3 is 5.48 Å². The summed E-state index contributed by atoms with van der Waals surface area (Å²) in [4.78, 5) is 0. The van der Waals surface area contributed by atoms with E-state index in [2.05, 4.69) is 0 Å². The Balaban J connectivity index is 0. The van der Waals surface area contributed by atoms with Gasteiger partial charge in [0.25, 0.3) is 0 Å². The van der Waals surface area contributed by atoms with E-state index in [1.807, 2.05) is 0 Å². The van der Waals surface area contributed by atoms with Gasteiger partial charge in [-0.25, -0.2) is 0 Å².